The molecule has 26 heavy (non-hydrogen) atoms. The third-order valence-corrected chi connectivity index (χ3v) is 4.63. The van der Waals surface area contributed by atoms with Gasteiger partial charge in [-0.2, -0.15) is 0 Å². The van der Waals surface area contributed by atoms with Gasteiger partial charge in [0.2, 0.25) is 5.88 Å². The first kappa shape index (κ1) is 21.2. The van der Waals surface area contributed by atoms with E-state index in [4.69, 9.17) is 15.2 Å². The number of nitrogens with one attached hydrogen (secondary N) is 1. The summed E-state index contributed by atoms with van der Waals surface area (Å²) < 4.78 is 11.2. The molecule has 1 aromatic heterocycles. The highest BCUT2D eigenvalue weighted by atomic mass is 127. The summed E-state index contributed by atoms with van der Waals surface area (Å²) in [6.45, 7) is 6.17. The van der Waals surface area contributed by atoms with Crippen molar-refractivity contribution in [1.82, 2.24) is 15.2 Å². The maximum absolute atomic E-state index is 5.95. The number of ether oxygens (including phenoxy) is 2. The first-order chi connectivity index (χ1) is 12.3. The normalized spacial score (nSPS) is 18.7. The Morgan fingerprint density at radius 2 is 2.19 bits per heavy atom. The van der Waals surface area contributed by atoms with Crippen LogP contribution >= 0.6 is 24.0 Å². The van der Waals surface area contributed by atoms with Crippen molar-refractivity contribution in [3.05, 3.63) is 23.9 Å². The fourth-order valence-corrected chi connectivity index (χ4v) is 2.85. The summed E-state index contributed by atoms with van der Waals surface area (Å²) in [6.07, 6.45) is 6.67. The molecule has 0 unspecified atom stereocenters. The predicted octanol–water partition coefficient (Wildman–Crippen LogP) is 1.76. The van der Waals surface area contributed by atoms with Crippen molar-refractivity contribution in [3.8, 4) is 5.88 Å². The van der Waals surface area contributed by atoms with Crippen molar-refractivity contribution in [2.24, 2.45) is 10.7 Å². The summed E-state index contributed by atoms with van der Waals surface area (Å²) in [5, 5.41) is 3.18. The molecule has 3 rings (SSSR count). The standard InChI is InChI=1S/C18H29N5O2.HI/c19-18(21-6-2-8-23-9-11-24-12-10-23)22-14-15-5-7-20-17(13-15)25-16-3-1-4-16;/h5,7,13,16H,1-4,6,8-12,14H2,(H3,19,21,22);1H. The predicted molar refractivity (Wildman–Crippen MR) is 113 cm³/mol. The fourth-order valence-electron chi connectivity index (χ4n) is 2.85. The molecule has 7 nitrogen and oxygen atoms in total. The molecular weight excluding hydrogens is 445 g/mol. The van der Waals surface area contributed by atoms with Crippen molar-refractivity contribution in [1.29, 1.82) is 0 Å². The van der Waals surface area contributed by atoms with Gasteiger partial charge in [0.05, 0.1) is 19.8 Å². The molecule has 2 heterocycles. The topological polar surface area (TPSA) is 85.0 Å². The van der Waals surface area contributed by atoms with Gasteiger partial charge in [-0.15, -0.1) is 24.0 Å². The molecule has 0 atom stereocenters. The zero-order valence-electron chi connectivity index (χ0n) is 15.2. The van der Waals surface area contributed by atoms with Gasteiger partial charge in [-0.1, -0.05) is 0 Å². The average Bonchev–Trinajstić information content (AvgIpc) is 2.61. The van der Waals surface area contributed by atoms with E-state index in [2.05, 4.69) is 20.2 Å². The van der Waals surface area contributed by atoms with Crippen molar-refractivity contribution in [2.45, 2.75) is 38.3 Å². The Labute approximate surface area is 172 Å². The van der Waals surface area contributed by atoms with Gasteiger partial charge in [0.25, 0.3) is 0 Å². The number of hydrogen-bond acceptors (Lipinski definition) is 5. The molecule has 1 aliphatic heterocycles. The summed E-state index contributed by atoms with van der Waals surface area (Å²) in [6, 6.07) is 3.90. The molecule has 1 aliphatic carbocycles. The van der Waals surface area contributed by atoms with Crippen LogP contribution in [0.25, 0.3) is 0 Å². The summed E-state index contributed by atoms with van der Waals surface area (Å²) in [5.74, 6) is 1.18. The van der Waals surface area contributed by atoms with Crippen LogP contribution in [0.5, 0.6) is 5.88 Å². The molecule has 1 aromatic rings. The number of guanidine groups is 1. The molecule has 2 fully saturated rings. The monoisotopic (exact) mass is 475 g/mol. The Morgan fingerprint density at radius 1 is 1.38 bits per heavy atom. The summed E-state index contributed by atoms with van der Waals surface area (Å²) in [5.41, 5.74) is 7.01. The Hall–Kier alpha value is -1.13. The third kappa shape index (κ3) is 7.24. The second kappa shape index (κ2) is 11.6. The van der Waals surface area contributed by atoms with Crippen LogP contribution in [0.4, 0.5) is 0 Å². The Bertz CT molecular complexity index is 562. The van der Waals surface area contributed by atoms with Gasteiger partial charge < -0.3 is 20.5 Å². The number of morpholine rings is 1. The van der Waals surface area contributed by atoms with Crippen LogP contribution in [0.15, 0.2) is 23.3 Å². The third-order valence-electron chi connectivity index (χ3n) is 4.63. The molecule has 0 aromatic carbocycles. The number of halogens is 1. The molecule has 3 N–H and O–H groups in total. The lowest BCUT2D eigenvalue weighted by Crippen LogP contribution is -2.39. The molecular formula is C18H30IN5O2. The van der Waals surface area contributed by atoms with Crippen molar-refractivity contribution in [2.75, 3.05) is 39.4 Å². The van der Waals surface area contributed by atoms with Gasteiger partial charge in [-0.3, -0.25) is 4.90 Å². The summed E-state index contributed by atoms with van der Waals surface area (Å²) in [7, 11) is 0. The molecule has 0 radical (unpaired) electrons. The second-order valence-electron chi connectivity index (χ2n) is 6.61. The number of aliphatic imine (C=N–C) groups is 1. The fraction of sp³-hybridized carbons (Fsp3) is 0.667. The van der Waals surface area contributed by atoms with Crippen LogP contribution in [0, 0.1) is 0 Å². The van der Waals surface area contributed by atoms with E-state index in [-0.39, 0.29) is 24.0 Å². The summed E-state index contributed by atoms with van der Waals surface area (Å²) in [4.78, 5) is 11.1. The minimum atomic E-state index is 0. The van der Waals surface area contributed by atoms with E-state index in [9.17, 15) is 0 Å². The van der Waals surface area contributed by atoms with Crippen LogP contribution < -0.4 is 15.8 Å². The molecule has 0 bridgehead atoms. The SMILES string of the molecule is I.NC(=NCc1ccnc(OC2CCC2)c1)NCCCN1CCOCC1. The van der Waals surface area contributed by atoms with Gasteiger partial charge in [0, 0.05) is 31.9 Å². The van der Waals surface area contributed by atoms with Crippen molar-refractivity contribution < 1.29 is 9.47 Å². The smallest absolute Gasteiger partial charge is 0.213 e. The second-order valence-corrected chi connectivity index (χ2v) is 6.61. The first-order valence-electron chi connectivity index (χ1n) is 9.25. The number of hydrogen-bond donors (Lipinski definition) is 2. The van der Waals surface area contributed by atoms with Gasteiger partial charge in [-0.25, -0.2) is 9.98 Å². The van der Waals surface area contributed by atoms with Crippen LogP contribution in [-0.2, 0) is 11.3 Å². The van der Waals surface area contributed by atoms with Gasteiger partial charge in [0.15, 0.2) is 5.96 Å². The van der Waals surface area contributed by atoms with Gasteiger partial charge in [-0.05, 0) is 43.9 Å². The lowest BCUT2D eigenvalue weighted by Gasteiger charge is -2.26. The van der Waals surface area contributed by atoms with E-state index in [1.54, 1.807) is 6.20 Å². The molecule has 146 valence electrons. The molecule has 8 heteroatoms. The molecule has 0 amide bonds. The highest BCUT2D eigenvalue weighted by Gasteiger charge is 2.19. The van der Waals surface area contributed by atoms with E-state index in [0.717, 1.165) is 64.2 Å². The van der Waals surface area contributed by atoms with Crippen LogP contribution in [0.3, 0.4) is 0 Å². The Morgan fingerprint density at radius 3 is 2.92 bits per heavy atom. The van der Waals surface area contributed by atoms with Gasteiger partial charge >= 0.3 is 0 Å². The van der Waals surface area contributed by atoms with Crippen molar-refractivity contribution in [3.63, 3.8) is 0 Å². The first-order valence-corrected chi connectivity index (χ1v) is 9.25. The van der Waals surface area contributed by atoms with Crippen LogP contribution in [-0.4, -0.2) is 61.3 Å². The lowest BCUT2D eigenvalue weighted by atomic mass is 9.96. The molecule has 1 saturated carbocycles. The van der Waals surface area contributed by atoms with Crippen molar-refractivity contribution >= 4 is 29.9 Å². The maximum atomic E-state index is 5.95. The van der Waals surface area contributed by atoms with E-state index in [1.165, 1.54) is 6.42 Å². The summed E-state index contributed by atoms with van der Waals surface area (Å²) >= 11 is 0. The zero-order valence-corrected chi connectivity index (χ0v) is 17.6. The van der Waals surface area contributed by atoms with E-state index < -0.39 is 0 Å². The van der Waals surface area contributed by atoms with E-state index >= 15 is 0 Å². The minimum absolute atomic E-state index is 0. The minimum Gasteiger partial charge on any atom is -0.474 e. The number of rotatable bonds is 8. The highest BCUT2D eigenvalue weighted by Crippen LogP contribution is 2.24. The molecule has 0 spiro atoms. The zero-order chi connectivity index (χ0) is 17.3. The van der Waals surface area contributed by atoms with Gasteiger partial charge in [0.1, 0.15) is 6.10 Å². The molecule has 2 aliphatic rings. The maximum Gasteiger partial charge on any atom is 0.213 e. The average molecular weight is 475 g/mol. The van der Waals surface area contributed by atoms with Crippen LogP contribution in [0.2, 0.25) is 0 Å². The quantitative estimate of drug-likeness (QED) is 0.258. The highest BCUT2D eigenvalue weighted by molar-refractivity contribution is 14.0. The number of nitrogens with zero attached hydrogens (tertiary/aromatic N) is 3. The lowest BCUT2D eigenvalue weighted by molar-refractivity contribution is 0.0376. The van der Waals surface area contributed by atoms with Crippen LogP contribution in [0.1, 0.15) is 31.2 Å². The largest absolute Gasteiger partial charge is 0.474 e. The van der Waals surface area contributed by atoms with E-state index in [1.807, 2.05) is 12.1 Å². The number of pyridine rings is 1. The Kier molecular flexibility index (Phi) is 9.41. The van der Waals surface area contributed by atoms with E-state index in [0.29, 0.717) is 24.5 Å². The number of aromatic nitrogens is 1. The molecule has 1 saturated heterocycles. The Balaban J connectivity index is 0.00000243. The number of nitrogens with two attached hydrogens (primary N) is 1.